The highest BCUT2D eigenvalue weighted by atomic mass is 15.3. The molecule has 0 aliphatic carbocycles. The Bertz CT molecular complexity index is 216. The van der Waals surface area contributed by atoms with Crippen LogP contribution in [0.4, 0.5) is 0 Å². The molecule has 16 heavy (non-hydrogen) atoms. The molecule has 0 aliphatic heterocycles. The zero-order chi connectivity index (χ0) is 12.8. The number of hydrogen-bond donors (Lipinski definition) is 1. The van der Waals surface area contributed by atoms with E-state index in [-0.39, 0.29) is 11.2 Å². The summed E-state index contributed by atoms with van der Waals surface area (Å²) in [6.45, 7) is 16.0. The van der Waals surface area contributed by atoms with Gasteiger partial charge in [-0.2, -0.15) is 10.2 Å². The fourth-order valence-corrected chi connectivity index (χ4v) is 1.60. The number of nitrogens with one attached hydrogen (secondary N) is 1. The molecular weight excluding hydrogens is 198 g/mol. The van der Waals surface area contributed by atoms with Crippen molar-refractivity contribution < 1.29 is 0 Å². The van der Waals surface area contributed by atoms with Crippen molar-refractivity contribution in [1.29, 1.82) is 0 Å². The second-order valence-electron chi connectivity index (χ2n) is 6.17. The van der Waals surface area contributed by atoms with Gasteiger partial charge in [-0.3, -0.25) is 5.32 Å². The summed E-state index contributed by atoms with van der Waals surface area (Å²) in [6.07, 6.45) is 2.14. The molecular formula is C13H29N3. The maximum Gasteiger partial charge on any atom is 0.129 e. The van der Waals surface area contributed by atoms with E-state index >= 15 is 0 Å². The molecule has 0 aliphatic rings. The van der Waals surface area contributed by atoms with Crippen LogP contribution in [0.15, 0.2) is 10.2 Å². The van der Waals surface area contributed by atoms with E-state index in [0.717, 1.165) is 19.4 Å². The van der Waals surface area contributed by atoms with Crippen molar-refractivity contribution in [2.45, 2.75) is 72.5 Å². The number of azo groups is 1. The molecule has 0 aromatic heterocycles. The number of nitrogens with zero attached hydrogens (tertiary/aromatic N) is 2. The van der Waals surface area contributed by atoms with E-state index in [9.17, 15) is 0 Å². The molecule has 0 rings (SSSR count). The lowest BCUT2D eigenvalue weighted by Gasteiger charge is -2.28. The first kappa shape index (κ1) is 15.6. The monoisotopic (exact) mass is 227 g/mol. The largest absolute Gasteiger partial charge is 0.292 e. The lowest BCUT2D eigenvalue weighted by Crippen LogP contribution is -2.42. The first-order chi connectivity index (χ1) is 7.18. The van der Waals surface area contributed by atoms with Crippen molar-refractivity contribution in [2.75, 3.05) is 6.54 Å². The van der Waals surface area contributed by atoms with Crippen molar-refractivity contribution in [2.24, 2.45) is 16.1 Å². The van der Waals surface area contributed by atoms with E-state index < -0.39 is 0 Å². The Morgan fingerprint density at radius 1 is 1.06 bits per heavy atom. The molecule has 1 N–H and O–H groups in total. The van der Waals surface area contributed by atoms with Gasteiger partial charge in [0.2, 0.25) is 0 Å². The summed E-state index contributed by atoms with van der Waals surface area (Å²) in [7, 11) is 0. The molecule has 0 saturated heterocycles. The van der Waals surface area contributed by atoms with Crippen LogP contribution >= 0.6 is 0 Å². The van der Waals surface area contributed by atoms with Crippen LogP contribution in [0, 0.1) is 5.92 Å². The summed E-state index contributed by atoms with van der Waals surface area (Å²) in [4.78, 5) is 0. The molecule has 0 saturated carbocycles. The third kappa shape index (κ3) is 7.80. The zero-order valence-electron chi connectivity index (χ0n) is 12.1. The molecule has 0 aromatic carbocycles. The molecule has 3 nitrogen and oxygen atoms in total. The molecule has 1 atom stereocenters. The normalized spacial score (nSPS) is 17.0. The molecule has 96 valence electrons. The quantitative estimate of drug-likeness (QED) is 0.684. The Balaban J connectivity index is 4.58. The average molecular weight is 227 g/mol. The molecule has 1 unspecified atom stereocenters. The summed E-state index contributed by atoms with van der Waals surface area (Å²) in [5.41, 5.74) is -0.302. The van der Waals surface area contributed by atoms with Crippen molar-refractivity contribution in [3.63, 3.8) is 0 Å². The lowest BCUT2D eigenvalue weighted by atomic mass is 9.99. The molecule has 0 heterocycles. The van der Waals surface area contributed by atoms with Gasteiger partial charge in [0.05, 0.1) is 5.54 Å². The maximum absolute atomic E-state index is 4.52. The van der Waals surface area contributed by atoms with Crippen LogP contribution in [0.25, 0.3) is 0 Å². The Morgan fingerprint density at radius 2 is 1.62 bits per heavy atom. The second kappa shape index (κ2) is 6.33. The van der Waals surface area contributed by atoms with Crippen molar-refractivity contribution in [3.8, 4) is 0 Å². The highest BCUT2D eigenvalue weighted by Crippen LogP contribution is 2.20. The number of rotatable bonds is 6. The van der Waals surface area contributed by atoms with Crippen molar-refractivity contribution in [3.05, 3.63) is 0 Å². The van der Waals surface area contributed by atoms with Gasteiger partial charge in [-0.15, -0.1) is 0 Å². The van der Waals surface area contributed by atoms with E-state index in [0.29, 0.717) is 5.92 Å². The van der Waals surface area contributed by atoms with Gasteiger partial charge in [-0.25, -0.2) is 0 Å². The summed E-state index contributed by atoms with van der Waals surface area (Å²) < 4.78 is 0. The molecule has 0 amide bonds. The van der Waals surface area contributed by atoms with Gasteiger partial charge < -0.3 is 0 Å². The average Bonchev–Trinajstić information content (AvgIpc) is 2.10. The maximum atomic E-state index is 4.52. The summed E-state index contributed by atoms with van der Waals surface area (Å²) in [6, 6.07) is 0. The second-order valence-corrected chi connectivity index (χ2v) is 6.17. The van der Waals surface area contributed by atoms with E-state index in [1.165, 1.54) is 0 Å². The third-order valence-corrected chi connectivity index (χ3v) is 2.13. The van der Waals surface area contributed by atoms with Gasteiger partial charge in [-0.1, -0.05) is 20.8 Å². The van der Waals surface area contributed by atoms with Gasteiger partial charge in [0, 0.05) is 0 Å². The summed E-state index contributed by atoms with van der Waals surface area (Å²) in [5.74, 6) is 0.619. The van der Waals surface area contributed by atoms with Crippen LogP contribution in [0.2, 0.25) is 0 Å². The number of hydrogen-bond acceptors (Lipinski definition) is 3. The van der Waals surface area contributed by atoms with Crippen LogP contribution < -0.4 is 5.32 Å². The minimum Gasteiger partial charge on any atom is -0.292 e. The first-order valence-electron chi connectivity index (χ1n) is 6.37. The van der Waals surface area contributed by atoms with Crippen molar-refractivity contribution in [1.82, 2.24) is 5.32 Å². The Hall–Kier alpha value is -0.440. The van der Waals surface area contributed by atoms with Gasteiger partial charge in [0.25, 0.3) is 0 Å². The first-order valence-corrected chi connectivity index (χ1v) is 6.37. The molecule has 0 bridgehead atoms. The van der Waals surface area contributed by atoms with Gasteiger partial charge >= 0.3 is 0 Å². The zero-order valence-corrected chi connectivity index (χ0v) is 12.1. The third-order valence-electron chi connectivity index (χ3n) is 2.13. The molecule has 3 heteroatoms. The Labute approximate surface area is 101 Å². The van der Waals surface area contributed by atoms with Gasteiger partial charge in [0.15, 0.2) is 0 Å². The van der Waals surface area contributed by atoms with Gasteiger partial charge in [-0.05, 0) is 53.0 Å². The smallest absolute Gasteiger partial charge is 0.129 e. The van der Waals surface area contributed by atoms with Crippen LogP contribution in [0.5, 0.6) is 0 Å². The van der Waals surface area contributed by atoms with E-state index in [2.05, 4.69) is 64.0 Å². The van der Waals surface area contributed by atoms with Crippen LogP contribution in [0.1, 0.15) is 61.3 Å². The molecule has 0 fully saturated rings. The minimum atomic E-state index is -0.211. The standard InChI is InChI=1S/C13H29N3/c1-8-9-14-13(7,10-11(2)3)16-15-12(4,5)6/h11,14H,8-10H2,1-7H3. The predicted octanol–water partition coefficient (Wildman–Crippen LogP) is 4.00. The van der Waals surface area contributed by atoms with Crippen LogP contribution in [-0.2, 0) is 0 Å². The SMILES string of the molecule is CCCNC(C)(CC(C)C)N=NC(C)(C)C. The van der Waals surface area contributed by atoms with Crippen LogP contribution in [0.3, 0.4) is 0 Å². The fourth-order valence-electron chi connectivity index (χ4n) is 1.60. The van der Waals surface area contributed by atoms with E-state index in [1.807, 2.05) is 0 Å². The highest BCUT2D eigenvalue weighted by molar-refractivity contribution is 4.81. The summed E-state index contributed by atoms with van der Waals surface area (Å²) in [5, 5.41) is 12.4. The summed E-state index contributed by atoms with van der Waals surface area (Å²) >= 11 is 0. The topological polar surface area (TPSA) is 36.8 Å². The van der Waals surface area contributed by atoms with Crippen LogP contribution in [-0.4, -0.2) is 17.7 Å². The minimum absolute atomic E-state index is 0.0911. The fraction of sp³-hybridized carbons (Fsp3) is 1.00. The van der Waals surface area contributed by atoms with E-state index in [1.54, 1.807) is 0 Å². The molecule has 0 radical (unpaired) electrons. The van der Waals surface area contributed by atoms with Gasteiger partial charge in [0.1, 0.15) is 5.66 Å². The Morgan fingerprint density at radius 3 is 2.00 bits per heavy atom. The lowest BCUT2D eigenvalue weighted by molar-refractivity contribution is 0.280. The highest BCUT2D eigenvalue weighted by Gasteiger charge is 2.24. The molecule has 0 spiro atoms. The molecule has 0 aromatic rings. The van der Waals surface area contributed by atoms with Crippen molar-refractivity contribution >= 4 is 0 Å². The Kier molecular flexibility index (Phi) is 6.16. The predicted molar refractivity (Wildman–Crippen MR) is 70.8 cm³/mol. The van der Waals surface area contributed by atoms with E-state index in [4.69, 9.17) is 0 Å².